The summed E-state index contributed by atoms with van der Waals surface area (Å²) in [5, 5.41) is 13.4. The minimum absolute atomic E-state index is 0. The maximum absolute atomic E-state index is 12.7. The summed E-state index contributed by atoms with van der Waals surface area (Å²) in [6.45, 7) is 7.54. The zero-order valence-electron chi connectivity index (χ0n) is 18.1. The first-order valence-electron chi connectivity index (χ1n) is 10.4. The number of phenols is 1. The number of benzene rings is 1. The second-order valence-corrected chi connectivity index (χ2v) is 7.63. The molecule has 1 atom stereocenters. The van der Waals surface area contributed by atoms with E-state index in [-0.39, 0.29) is 41.7 Å². The number of nitrogens with zero attached hydrogens (tertiary/aromatic N) is 4. The number of ether oxygens (including phenoxy) is 1. The lowest BCUT2D eigenvalue weighted by molar-refractivity contribution is -0.135. The van der Waals surface area contributed by atoms with E-state index in [1.54, 1.807) is 26.3 Å². The summed E-state index contributed by atoms with van der Waals surface area (Å²) >= 11 is 0. The van der Waals surface area contributed by atoms with Crippen molar-refractivity contribution >= 4 is 35.8 Å². The first-order chi connectivity index (χ1) is 14.0. The Bertz CT molecular complexity index is 731. The van der Waals surface area contributed by atoms with Gasteiger partial charge in [0, 0.05) is 58.4 Å². The minimum atomic E-state index is -0.0704. The van der Waals surface area contributed by atoms with Crippen LogP contribution in [-0.2, 0) is 11.3 Å². The molecule has 30 heavy (non-hydrogen) atoms. The molecule has 3 rings (SSSR count). The number of guanidine groups is 1. The lowest BCUT2D eigenvalue weighted by Gasteiger charge is -2.39. The van der Waals surface area contributed by atoms with Crippen LogP contribution in [0.1, 0.15) is 25.3 Å². The molecule has 0 saturated carbocycles. The Morgan fingerprint density at radius 2 is 1.83 bits per heavy atom. The van der Waals surface area contributed by atoms with Gasteiger partial charge in [0.25, 0.3) is 0 Å². The van der Waals surface area contributed by atoms with Crippen LogP contribution in [0.15, 0.2) is 23.2 Å². The first kappa shape index (κ1) is 24.5. The van der Waals surface area contributed by atoms with Crippen molar-refractivity contribution < 1.29 is 14.6 Å². The number of rotatable bonds is 5. The number of piperazine rings is 1. The summed E-state index contributed by atoms with van der Waals surface area (Å²) in [7, 11) is 3.37. The third-order valence-electron chi connectivity index (χ3n) is 5.87. The van der Waals surface area contributed by atoms with E-state index in [2.05, 4.69) is 20.1 Å². The second-order valence-electron chi connectivity index (χ2n) is 7.63. The fraction of sp³-hybridized carbons (Fsp3) is 0.619. The molecule has 2 aliphatic rings. The van der Waals surface area contributed by atoms with Crippen molar-refractivity contribution in [1.82, 2.24) is 20.0 Å². The second kappa shape index (κ2) is 11.6. The van der Waals surface area contributed by atoms with Crippen LogP contribution in [0.25, 0.3) is 0 Å². The Hall–Kier alpha value is -1.75. The molecule has 9 heteroatoms. The van der Waals surface area contributed by atoms with E-state index in [4.69, 9.17) is 4.74 Å². The first-order valence-corrected chi connectivity index (χ1v) is 10.4. The van der Waals surface area contributed by atoms with Crippen LogP contribution in [0, 0.1) is 0 Å². The molecule has 0 spiro atoms. The normalized spacial score (nSPS) is 18.7. The molecule has 1 aromatic rings. The molecule has 2 N–H and O–H groups in total. The third kappa shape index (κ3) is 5.90. The van der Waals surface area contributed by atoms with Gasteiger partial charge in [-0.3, -0.25) is 14.7 Å². The third-order valence-corrected chi connectivity index (χ3v) is 5.87. The van der Waals surface area contributed by atoms with Crippen molar-refractivity contribution in [2.45, 2.75) is 32.4 Å². The smallest absolute Gasteiger partial charge is 0.239 e. The summed E-state index contributed by atoms with van der Waals surface area (Å²) < 4.78 is 5.23. The number of halogens is 1. The number of methoxy groups -OCH3 is 1. The van der Waals surface area contributed by atoms with Crippen LogP contribution >= 0.6 is 24.0 Å². The van der Waals surface area contributed by atoms with E-state index in [0.717, 1.165) is 63.6 Å². The number of hydrogen-bond acceptors (Lipinski definition) is 5. The fourth-order valence-electron chi connectivity index (χ4n) is 4.02. The predicted octanol–water partition coefficient (Wildman–Crippen LogP) is 1.72. The topological polar surface area (TPSA) is 80.6 Å². The van der Waals surface area contributed by atoms with E-state index in [1.807, 2.05) is 17.9 Å². The van der Waals surface area contributed by atoms with Gasteiger partial charge >= 0.3 is 0 Å². The zero-order valence-corrected chi connectivity index (χ0v) is 20.5. The average molecular weight is 531 g/mol. The molecule has 8 nitrogen and oxygen atoms in total. The summed E-state index contributed by atoms with van der Waals surface area (Å²) in [6, 6.07) is 5.12. The van der Waals surface area contributed by atoms with Gasteiger partial charge in [0.15, 0.2) is 5.96 Å². The van der Waals surface area contributed by atoms with Crippen LogP contribution < -0.4 is 10.1 Å². The van der Waals surface area contributed by atoms with Crippen molar-refractivity contribution in [1.29, 1.82) is 0 Å². The van der Waals surface area contributed by atoms with E-state index in [1.165, 1.54) is 0 Å². The van der Waals surface area contributed by atoms with Crippen LogP contribution in [-0.4, -0.2) is 91.1 Å². The van der Waals surface area contributed by atoms with Gasteiger partial charge < -0.3 is 25.0 Å². The Labute approximate surface area is 196 Å². The van der Waals surface area contributed by atoms with Crippen molar-refractivity contribution in [3.05, 3.63) is 23.8 Å². The molecular formula is C21H34IN5O3. The molecular weight excluding hydrogens is 497 g/mol. The highest BCUT2D eigenvalue weighted by molar-refractivity contribution is 14.0. The van der Waals surface area contributed by atoms with Crippen LogP contribution in [0.2, 0.25) is 0 Å². The molecule has 0 radical (unpaired) electrons. The van der Waals surface area contributed by atoms with Gasteiger partial charge in [0.1, 0.15) is 11.5 Å². The SMILES string of the molecule is CN=C(NCc1cc(OC)ccc1O)N1CCN(C(C)C(=O)N2CCCC2)CC1.I. The molecule has 1 aromatic carbocycles. The van der Waals surface area contributed by atoms with Crippen molar-refractivity contribution in [3.63, 3.8) is 0 Å². The molecule has 1 unspecified atom stereocenters. The summed E-state index contributed by atoms with van der Waals surface area (Å²) in [6.07, 6.45) is 2.24. The number of nitrogens with one attached hydrogen (secondary N) is 1. The highest BCUT2D eigenvalue weighted by atomic mass is 127. The van der Waals surface area contributed by atoms with Gasteiger partial charge in [-0.2, -0.15) is 0 Å². The quantitative estimate of drug-likeness (QED) is 0.343. The number of aliphatic imine (C=N–C) groups is 1. The molecule has 0 aromatic heterocycles. The highest BCUT2D eigenvalue weighted by Gasteiger charge is 2.30. The van der Waals surface area contributed by atoms with Gasteiger partial charge in [0.05, 0.1) is 13.2 Å². The summed E-state index contributed by atoms with van der Waals surface area (Å²) in [5.41, 5.74) is 0.758. The Morgan fingerprint density at radius 1 is 1.17 bits per heavy atom. The monoisotopic (exact) mass is 531 g/mol. The van der Waals surface area contributed by atoms with Gasteiger partial charge in [-0.05, 0) is 38.0 Å². The fourth-order valence-corrected chi connectivity index (χ4v) is 4.02. The molecule has 0 aliphatic carbocycles. The molecule has 1 amide bonds. The number of aromatic hydroxyl groups is 1. The Morgan fingerprint density at radius 3 is 2.43 bits per heavy atom. The van der Waals surface area contributed by atoms with Gasteiger partial charge in [-0.25, -0.2) is 0 Å². The van der Waals surface area contributed by atoms with E-state index in [9.17, 15) is 9.90 Å². The zero-order chi connectivity index (χ0) is 20.8. The van der Waals surface area contributed by atoms with Gasteiger partial charge in [-0.15, -0.1) is 24.0 Å². The average Bonchev–Trinajstić information content (AvgIpc) is 3.29. The van der Waals surface area contributed by atoms with Gasteiger partial charge in [0.2, 0.25) is 5.91 Å². The Balaban J connectivity index is 0.00000320. The number of carbonyl (C=O) groups is 1. The predicted molar refractivity (Wildman–Crippen MR) is 129 cm³/mol. The number of hydrogen-bond donors (Lipinski definition) is 2. The lowest BCUT2D eigenvalue weighted by atomic mass is 10.2. The van der Waals surface area contributed by atoms with Crippen molar-refractivity contribution in [2.24, 2.45) is 4.99 Å². The van der Waals surface area contributed by atoms with Crippen molar-refractivity contribution in [2.75, 3.05) is 53.4 Å². The number of carbonyl (C=O) groups excluding carboxylic acids is 1. The summed E-state index contributed by atoms with van der Waals surface area (Å²) in [4.78, 5) is 23.5. The number of phenolic OH excluding ortho intramolecular Hbond substituents is 1. The number of likely N-dealkylation sites (tertiary alicyclic amines) is 1. The number of amides is 1. The van der Waals surface area contributed by atoms with E-state index < -0.39 is 0 Å². The molecule has 168 valence electrons. The molecule has 2 heterocycles. The van der Waals surface area contributed by atoms with E-state index in [0.29, 0.717) is 12.3 Å². The van der Waals surface area contributed by atoms with Gasteiger partial charge in [-0.1, -0.05) is 0 Å². The minimum Gasteiger partial charge on any atom is -0.508 e. The lowest BCUT2D eigenvalue weighted by Crippen LogP contribution is -2.57. The molecule has 2 fully saturated rings. The van der Waals surface area contributed by atoms with Crippen LogP contribution in [0.5, 0.6) is 11.5 Å². The Kier molecular flexibility index (Phi) is 9.47. The van der Waals surface area contributed by atoms with Crippen LogP contribution in [0.4, 0.5) is 0 Å². The molecule has 2 aliphatic heterocycles. The maximum Gasteiger partial charge on any atom is 0.239 e. The van der Waals surface area contributed by atoms with E-state index >= 15 is 0 Å². The highest BCUT2D eigenvalue weighted by Crippen LogP contribution is 2.22. The van der Waals surface area contributed by atoms with Crippen molar-refractivity contribution in [3.8, 4) is 11.5 Å². The molecule has 0 bridgehead atoms. The standard InChI is InChI=1S/C21H33N5O3.HI/c1-16(20(28)25-8-4-5-9-25)24-10-12-26(13-11-24)21(22-2)23-15-17-14-18(29-3)6-7-19(17)27;/h6-7,14,16,27H,4-5,8-13,15H2,1-3H3,(H,22,23);1H. The summed E-state index contributed by atoms with van der Waals surface area (Å²) in [5.74, 6) is 1.99. The molecule has 2 saturated heterocycles. The maximum atomic E-state index is 12.7. The largest absolute Gasteiger partial charge is 0.508 e. The van der Waals surface area contributed by atoms with Crippen LogP contribution in [0.3, 0.4) is 0 Å².